The molecule has 0 aliphatic carbocycles. The predicted molar refractivity (Wildman–Crippen MR) is 66.3 cm³/mol. The molecule has 0 aliphatic rings. The van der Waals surface area contributed by atoms with E-state index in [0.29, 0.717) is 23.8 Å². The van der Waals surface area contributed by atoms with Crippen LogP contribution in [-0.2, 0) is 11.3 Å². The fourth-order valence-corrected chi connectivity index (χ4v) is 1.63. The van der Waals surface area contributed by atoms with Crippen LogP contribution >= 0.6 is 11.6 Å². The Labute approximate surface area is 100 Å². The lowest BCUT2D eigenvalue weighted by atomic mass is 10.1. The molecule has 5 heteroatoms. The maximum atomic E-state index is 11.2. The molecule has 0 radical (unpaired) electrons. The van der Waals surface area contributed by atoms with E-state index < -0.39 is 0 Å². The molecule has 1 aromatic rings. The van der Waals surface area contributed by atoms with Crippen LogP contribution in [0.25, 0.3) is 0 Å². The zero-order valence-electron chi connectivity index (χ0n) is 9.46. The molecule has 0 aromatic heterocycles. The van der Waals surface area contributed by atoms with Crippen molar-refractivity contribution in [3.63, 3.8) is 0 Å². The van der Waals surface area contributed by atoms with Gasteiger partial charge in [0, 0.05) is 29.9 Å². The van der Waals surface area contributed by atoms with Crippen molar-refractivity contribution >= 4 is 23.2 Å². The molecule has 4 nitrogen and oxygen atoms in total. The number of carbonyl (C=O) groups excluding carboxylic acids is 1. The fraction of sp³-hybridized carbons (Fsp3) is 0.364. The molecule has 0 heterocycles. The van der Waals surface area contributed by atoms with Gasteiger partial charge in [0.25, 0.3) is 0 Å². The number of amides is 1. The highest BCUT2D eigenvalue weighted by Crippen LogP contribution is 2.22. The first-order valence-electron chi connectivity index (χ1n) is 4.96. The molecular weight excluding hydrogens is 226 g/mol. The highest BCUT2D eigenvalue weighted by atomic mass is 35.5. The van der Waals surface area contributed by atoms with Crippen LogP contribution < -0.4 is 11.1 Å². The van der Waals surface area contributed by atoms with Crippen molar-refractivity contribution in [3.8, 4) is 0 Å². The third-order valence-electron chi connectivity index (χ3n) is 2.28. The summed E-state index contributed by atoms with van der Waals surface area (Å²) in [6.07, 6.45) is 0. The Hall–Kier alpha value is -1.26. The second kappa shape index (κ2) is 5.72. The third kappa shape index (κ3) is 3.40. The van der Waals surface area contributed by atoms with E-state index in [-0.39, 0.29) is 5.91 Å². The normalized spacial score (nSPS) is 10.5. The summed E-state index contributed by atoms with van der Waals surface area (Å²) >= 11 is 6.04. The Morgan fingerprint density at radius 3 is 2.81 bits per heavy atom. The standard InChI is InChI=1S/C11H16ClN3O/c1-14-11(16)7-15(2)6-8-9(12)4-3-5-10(8)13/h3-5H,6-7,13H2,1-2H3,(H,14,16). The summed E-state index contributed by atoms with van der Waals surface area (Å²) in [5.74, 6) is -0.0341. The molecule has 1 rings (SSSR count). The number of anilines is 1. The molecule has 0 unspecified atom stereocenters. The number of rotatable bonds is 4. The number of carbonyl (C=O) groups is 1. The van der Waals surface area contributed by atoms with Crippen molar-refractivity contribution in [2.45, 2.75) is 6.54 Å². The minimum atomic E-state index is -0.0341. The first kappa shape index (κ1) is 12.8. The molecule has 0 fully saturated rings. The number of hydrogen-bond acceptors (Lipinski definition) is 3. The van der Waals surface area contributed by atoms with Gasteiger partial charge in [-0.3, -0.25) is 9.69 Å². The van der Waals surface area contributed by atoms with Crippen LogP contribution in [-0.4, -0.2) is 31.4 Å². The largest absolute Gasteiger partial charge is 0.398 e. The lowest BCUT2D eigenvalue weighted by Gasteiger charge is -2.17. The van der Waals surface area contributed by atoms with Crippen LogP contribution in [0.2, 0.25) is 5.02 Å². The quantitative estimate of drug-likeness (QED) is 0.777. The van der Waals surface area contributed by atoms with Gasteiger partial charge in [-0.25, -0.2) is 0 Å². The Balaban J connectivity index is 2.69. The van der Waals surface area contributed by atoms with Gasteiger partial charge in [-0.1, -0.05) is 17.7 Å². The zero-order valence-corrected chi connectivity index (χ0v) is 10.2. The van der Waals surface area contributed by atoms with Gasteiger partial charge in [-0.15, -0.1) is 0 Å². The topological polar surface area (TPSA) is 58.4 Å². The lowest BCUT2D eigenvalue weighted by molar-refractivity contribution is -0.121. The van der Waals surface area contributed by atoms with Gasteiger partial charge < -0.3 is 11.1 Å². The average molecular weight is 242 g/mol. The van der Waals surface area contributed by atoms with Crippen LogP contribution in [0.4, 0.5) is 5.69 Å². The summed E-state index contributed by atoms with van der Waals surface area (Å²) < 4.78 is 0. The van der Waals surface area contributed by atoms with E-state index in [2.05, 4.69) is 5.32 Å². The molecule has 1 amide bonds. The van der Waals surface area contributed by atoms with Crippen LogP contribution in [0.15, 0.2) is 18.2 Å². The molecule has 0 atom stereocenters. The summed E-state index contributed by atoms with van der Waals surface area (Å²) in [6, 6.07) is 5.40. The number of nitrogen functional groups attached to an aromatic ring is 1. The number of benzene rings is 1. The van der Waals surface area contributed by atoms with E-state index in [9.17, 15) is 4.79 Å². The van der Waals surface area contributed by atoms with Gasteiger partial charge in [0.1, 0.15) is 0 Å². The van der Waals surface area contributed by atoms with Gasteiger partial charge in [0.2, 0.25) is 5.91 Å². The third-order valence-corrected chi connectivity index (χ3v) is 2.63. The highest BCUT2D eigenvalue weighted by Gasteiger charge is 2.09. The SMILES string of the molecule is CNC(=O)CN(C)Cc1c(N)cccc1Cl. The molecule has 0 aliphatic heterocycles. The van der Waals surface area contributed by atoms with Gasteiger partial charge in [-0.2, -0.15) is 0 Å². The maximum absolute atomic E-state index is 11.2. The van der Waals surface area contributed by atoms with Crippen molar-refractivity contribution in [3.05, 3.63) is 28.8 Å². The van der Waals surface area contributed by atoms with E-state index in [1.54, 1.807) is 25.2 Å². The fourth-order valence-electron chi connectivity index (χ4n) is 1.39. The minimum Gasteiger partial charge on any atom is -0.398 e. The number of nitrogens with two attached hydrogens (primary N) is 1. The van der Waals surface area contributed by atoms with Crippen molar-refractivity contribution < 1.29 is 4.79 Å². The van der Waals surface area contributed by atoms with Crippen LogP contribution in [0, 0.1) is 0 Å². The summed E-state index contributed by atoms with van der Waals surface area (Å²) in [4.78, 5) is 13.0. The van der Waals surface area contributed by atoms with Crippen molar-refractivity contribution in [2.24, 2.45) is 0 Å². The Morgan fingerprint density at radius 1 is 1.56 bits per heavy atom. The van der Waals surface area contributed by atoms with Crippen molar-refractivity contribution in [1.82, 2.24) is 10.2 Å². The monoisotopic (exact) mass is 241 g/mol. The smallest absolute Gasteiger partial charge is 0.233 e. The average Bonchev–Trinajstić information content (AvgIpc) is 2.23. The van der Waals surface area contributed by atoms with Crippen molar-refractivity contribution in [2.75, 3.05) is 26.4 Å². The van der Waals surface area contributed by atoms with Gasteiger partial charge in [0.15, 0.2) is 0 Å². The van der Waals surface area contributed by atoms with Crippen molar-refractivity contribution in [1.29, 1.82) is 0 Å². The summed E-state index contributed by atoms with van der Waals surface area (Å²) in [5.41, 5.74) is 7.33. The Kier molecular flexibility index (Phi) is 4.58. The first-order valence-corrected chi connectivity index (χ1v) is 5.34. The van der Waals surface area contributed by atoms with Crippen LogP contribution in [0.5, 0.6) is 0 Å². The Morgan fingerprint density at radius 2 is 2.25 bits per heavy atom. The summed E-state index contributed by atoms with van der Waals surface area (Å²) in [7, 11) is 3.46. The predicted octanol–water partition coefficient (Wildman–Crippen LogP) is 1.10. The van der Waals surface area contributed by atoms with E-state index in [1.165, 1.54) is 0 Å². The molecular formula is C11H16ClN3O. The number of nitrogens with zero attached hydrogens (tertiary/aromatic N) is 1. The maximum Gasteiger partial charge on any atom is 0.233 e. The van der Waals surface area contributed by atoms with Crippen LogP contribution in [0.3, 0.4) is 0 Å². The van der Waals surface area contributed by atoms with Gasteiger partial charge in [-0.05, 0) is 19.2 Å². The van der Waals surface area contributed by atoms with E-state index >= 15 is 0 Å². The molecule has 3 N–H and O–H groups in total. The summed E-state index contributed by atoms with van der Waals surface area (Å²) in [6.45, 7) is 0.875. The number of halogens is 1. The molecule has 16 heavy (non-hydrogen) atoms. The highest BCUT2D eigenvalue weighted by molar-refractivity contribution is 6.31. The molecule has 1 aromatic carbocycles. The minimum absolute atomic E-state index is 0.0341. The summed E-state index contributed by atoms with van der Waals surface area (Å²) in [5, 5.41) is 3.19. The van der Waals surface area contributed by atoms with Crippen LogP contribution in [0.1, 0.15) is 5.56 Å². The molecule has 88 valence electrons. The van der Waals surface area contributed by atoms with Gasteiger partial charge >= 0.3 is 0 Å². The Bertz CT molecular complexity index is 361. The first-order chi connectivity index (χ1) is 7.54. The molecule has 0 saturated carbocycles. The van der Waals surface area contributed by atoms with E-state index in [0.717, 1.165) is 5.56 Å². The van der Waals surface area contributed by atoms with E-state index in [4.69, 9.17) is 17.3 Å². The lowest BCUT2D eigenvalue weighted by Crippen LogP contribution is -2.32. The van der Waals surface area contributed by atoms with Gasteiger partial charge in [0.05, 0.1) is 6.54 Å². The number of hydrogen-bond donors (Lipinski definition) is 2. The second-order valence-corrected chi connectivity index (χ2v) is 4.06. The molecule has 0 saturated heterocycles. The zero-order chi connectivity index (χ0) is 12.1. The number of likely N-dealkylation sites (N-methyl/N-ethyl adjacent to an activating group) is 2. The number of nitrogens with one attached hydrogen (secondary N) is 1. The molecule has 0 bridgehead atoms. The van der Waals surface area contributed by atoms with E-state index in [1.807, 2.05) is 11.9 Å². The second-order valence-electron chi connectivity index (χ2n) is 3.65. The molecule has 0 spiro atoms.